The molecule has 0 aromatic carbocycles. The third-order valence-corrected chi connectivity index (χ3v) is 1.37. The zero-order chi connectivity index (χ0) is 10.8. The number of esters is 1. The molecule has 2 N–H and O–H groups in total. The molecule has 0 aliphatic carbocycles. The zero-order valence-corrected chi connectivity index (χ0v) is 8.44. The van der Waals surface area contributed by atoms with Crippen molar-refractivity contribution in [2.75, 3.05) is 5.73 Å². The lowest BCUT2D eigenvalue weighted by Gasteiger charge is -2.19. The van der Waals surface area contributed by atoms with E-state index in [1.54, 1.807) is 20.8 Å². The summed E-state index contributed by atoms with van der Waals surface area (Å²) in [4.78, 5) is 11.5. The van der Waals surface area contributed by atoms with Crippen molar-refractivity contribution in [3.05, 3.63) is 17.8 Å². The fourth-order valence-corrected chi connectivity index (χ4v) is 0.848. The predicted octanol–water partition coefficient (Wildman–Crippen LogP) is 1.01. The summed E-state index contributed by atoms with van der Waals surface area (Å²) in [6.07, 6.45) is 1.40. The number of nitrogens with two attached hydrogens (primary N) is 1. The van der Waals surface area contributed by atoms with Crippen molar-refractivity contribution < 1.29 is 9.53 Å². The number of hydrogen-bond acceptors (Lipinski definition) is 5. The van der Waals surface area contributed by atoms with E-state index in [0.717, 1.165) is 0 Å². The summed E-state index contributed by atoms with van der Waals surface area (Å²) in [6.45, 7) is 5.36. The van der Waals surface area contributed by atoms with Gasteiger partial charge in [0.2, 0.25) is 0 Å². The normalized spacial score (nSPS) is 11.1. The van der Waals surface area contributed by atoms with Crippen molar-refractivity contribution in [2.45, 2.75) is 26.4 Å². The van der Waals surface area contributed by atoms with E-state index in [-0.39, 0.29) is 11.4 Å². The van der Waals surface area contributed by atoms with Gasteiger partial charge in [0.25, 0.3) is 0 Å². The summed E-state index contributed by atoms with van der Waals surface area (Å²) in [5.41, 5.74) is 5.18. The van der Waals surface area contributed by atoms with E-state index in [9.17, 15) is 4.79 Å². The minimum atomic E-state index is -0.535. The van der Waals surface area contributed by atoms with E-state index in [2.05, 4.69) is 10.2 Å². The molecule has 5 nitrogen and oxygen atoms in total. The van der Waals surface area contributed by atoms with Crippen LogP contribution in [0.3, 0.4) is 0 Å². The maximum atomic E-state index is 11.5. The molecule has 0 atom stereocenters. The Balaban J connectivity index is 2.86. The van der Waals surface area contributed by atoms with Crippen LogP contribution in [0.5, 0.6) is 0 Å². The SMILES string of the molecule is CC(C)(C)OC(=O)c1ccnnc1N. The Labute approximate surface area is 82.3 Å². The van der Waals surface area contributed by atoms with Gasteiger partial charge in [0.1, 0.15) is 11.2 Å². The van der Waals surface area contributed by atoms with E-state index in [4.69, 9.17) is 10.5 Å². The quantitative estimate of drug-likeness (QED) is 0.677. The van der Waals surface area contributed by atoms with Gasteiger partial charge in [-0.05, 0) is 26.8 Å². The second kappa shape index (κ2) is 3.61. The summed E-state index contributed by atoms with van der Waals surface area (Å²) in [5, 5.41) is 7.10. The minimum Gasteiger partial charge on any atom is -0.456 e. The van der Waals surface area contributed by atoms with Crippen molar-refractivity contribution in [3.8, 4) is 0 Å². The Kier molecular flexibility index (Phi) is 2.69. The van der Waals surface area contributed by atoms with Crippen molar-refractivity contribution in [1.29, 1.82) is 0 Å². The average molecular weight is 195 g/mol. The molecule has 1 heterocycles. The standard InChI is InChI=1S/C9H13N3O2/c1-9(2,3)14-8(13)6-4-5-11-12-7(6)10/h4-5H,1-3H3,(H2,10,12). The Hall–Kier alpha value is -1.65. The number of carbonyl (C=O) groups excluding carboxylic acids is 1. The van der Waals surface area contributed by atoms with Crippen LogP contribution in [-0.2, 0) is 4.74 Å². The van der Waals surface area contributed by atoms with E-state index in [0.29, 0.717) is 0 Å². The highest BCUT2D eigenvalue weighted by atomic mass is 16.6. The number of aromatic nitrogens is 2. The van der Waals surface area contributed by atoms with Crippen molar-refractivity contribution in [1.82, 2.24) is 10.2 Å². The molecule has 1 rings (SSSR count). The summed E-state index contributed by atoms with van der Waals surface area (Å²) in [6, 6.07) is 1.48. The van der Waals surface area contributed by atoms with E-state index in [1.165, 1.54) is 12.3 Å². The van der Waals surface area contributed by atoms with Gasteiger partial charge in [-0.3, -0.25) is 0 Å². The van der Waals surface area contributed by atoms with Crippen LogP contribution in [0.15, 0.2) is 12.3 Å². The minimum absolute atomic E-state index is 0.0850. The first-order valence-corrected chi connectivity index (χ1v) is 4.20. The third kappa shape index (κ3) is 2.69. The predicted molar refractivity (Wildman–Crippen MR) is 51.6 cm³/mol. The van der Waals surface area contributed by atoms with Gasteiger partial charge >= 0.3 is 5.97 Å². The summed E-state index contributed by atoms with van der Waals surface area (Å²) < 4.78 is 5.12. The van der Waals surface area contributed by atoms with Gasteiger partial charge in [0.15, 0.2) is 5.82 Å². The smallest absolute Gasteiger partial charge is 0.342 e. The Morgan fingerprint density at radius 3 is 2.64 bits per heavy atom. The molecule has 1 aromatic rings. The highest BCUT2D eigenvalue weighted by Crippen LogP contribution is 2.14. The first-order valence-electron chi connectivity index (χ1n) is 4.20. The molecule has 0 amide bonds. The van der Waals surface area contributed by atoms with E-state index >= 15 is 0 Å². The molecule has 5 heteroatoms. The number of hydrogen-bond donors (Lipinski definition) is 1. The summed E-state index contributed by atoms with van der Waals surface area (Å²) in [7, 11) is 0. The topological polar surface area (TPSA) is 78.1 Å². The number of rotatable bonds is 1. The molecule has 14 heavy (non-hydrogen) atoms. The van der Waals surface area contributed by atoms with Crippen LogP contribution in [0, 0.1) is 0 Å². The largest absolute Gasteiger partial charge is 0.456 e. The van der Waals surface area contributed by atoms with Gasteiger partial charge in [-0.15, -0.1) is 5.10 Å². The lowest BCUT2D eigenvalue weighted by molar-refractivity contribution is 0.00703. The fourth-order valence-electron chi connectivity index (χ4n) is 0.848. The lowest BCUT2D eigenvalue weighted by atomic mass is 10.2. The van der Waals surface area contributed by atoms with Crippen molar-refractivity contribution >= 4 is 11.8 Å². The van der Waals surface area contributed by atoms with Crippen molar-refractivity contribution in [2.24, 2.45) is 0 Å². The van der Waals surface area contributed by atoms with Crippen LogP contribution in [-0.4, -0.2) is 21.8 Å². The lowest BCUT2D eigenvalue weighted by Crippen LogP contribution is -2.24. The first-order chi connectivity index (χ1) is 6.40. The highest BCUT2D eigenvalue weighted by Gasteiger charge is 2.19. The molecule has 0 aliphatic rings. The molecule has 0 bridgehead atoms. The van der Waals surface area contributed by atoms with Crippen LogP contribution in [0.2, 0.25) is 0 Å². The molecule has 76 valence electrons. The van der Waals surface area contributed by atoms with Crippen LogP contribution >= 0.6 is 0 Å². The second-order valence-electron chi connectivity index (χ2n) is 3.83. The van der Waals surface area contributed by atoms with Gasteiger partial charge in [-0.1, -0.05) is 0 Å². The molecule has 0 aliphatic heterocycles. The van der Waals surface area contributed by atoms with Crippen LogP contribution in [0.25, 0.3) is 0 Å². The number of nitrogen functional groups attached to an aromatic ring is 1. The molecular formula is C9H13N3O2. The Bertz CT molecular complexity index is 344. The molecule has 0 saturated heterocycles. The number of ether oxygens (including phenoxy) is 1. The molecular weight excluding hydrogens is 182 g/mol. The van der Waals surface area contributed by atoms with Gasteiger partial charge in [0.05, 0.1) is 6.20 Å². The van der Waals surface area contributed by atoms with E-state index < -0.39 is 11.6 Å². The molecule has 0 saturated carbocycles. The van der Waals surface area contributed by atoms with Gasteiger partial charge in [-0.25, -0.2) is 4.79 Å². The Morgan fingerprint density at radius 1 is 1.50 bits per heavy atom. The monoisotopic (exact) mass is 195 g/mol. The molecule has 0 spiro atoms. The summed E-state index contributed by atoms with van der Waals surface area (Å²) >= 11 is 0. The van der Waals surface area contributed by atoms with Crippen LogP contribution < -0.4 is 5.73 Å². The summed E-state index contributed by atoms with van der Waals surface area (Å²) in [5.74, 6) is -0.397. The molecule has 0 unspecified atom stereocenters. The highest BCUT2D eigenvalue weighted by molar-refractivity contribution is 5.94. The third-order valence-electron chi connectivity index (χ3n) is 1.37. The van der Waals surface area contributed by atoms with Crippen molar-refractivity contribution in [3.63, 3.8) is 0 Å². The van der Waals surface area contributed by atoms with Gasteiger partial charge in [-0.2, -0.15) is 5.10 Å². The molecule has 1 aromatic heterocycles. The number of carbonyl (C=O) groups is 1. The molecule has 0 fully saturated rings. The second-order valence-corrected chi connectivity index (χ2v) is 3.83. The van der Waals surface area contributed by atoms with Crippen LogP contribution in [0.4, 0.5) is 5.82 Å². The maximum Gasteiger partial charge on any atom is 0.342 e. The van der Waals surface area contributed by atoms with Gasteiger partial charge in [0, 0.05) is 0 Å². The zero-order valence-electron chi connectivity index (χ0n) is 8.44. The number of anilines is 1. The average Bonchev–Trinajstić information content (AvgIpc) is 2.01. The maximum absolute atomic E-state index is 11.5. The first kappa shape index (κ1) is 10.4. The van der Waals surface area contributed by atoms with Crippen LogP contribution in [0.1, 0.15) is 31.1 Å². The Morgan fingerprint density at radius 2 is 2.14 bits per heavy atom. The number of nitrogens with zero attached hydrogens (tertiary/aromatic N) is 2. The van der Waals surface area contributed by atoms with Gasteiger partial charge < -0.3 is 10.5 Å². The fraction of sp³-hybridized carbons (Fsp3) is 0.444. The van der Waals surface area contributed by atoms with E-state index in [1.807, 2.05) is 0 Å². The molecule has 0 radical (unpaired) electrons.